The number of carbonyl (C=O) groups excluding carboxylic acids is 2. The second-order valence-corrected chi connectivity index (χ2v) is 11.8. The number of amides is 2. The average Bonchev–Trinajstić information content (AvgIpc) is 2.84. The Balaban J connectivity index is 2.27. The van der Waals surface area contributed by atoms with Crippen molar-refractivity contribution in [3.8, 4) is 0 Å². The van der Waals surface area contributed by atoms with Crippen LogP contribution in [0.25, 0.3) is 0 Å². The van der Waals surface area contributed by atoms with E-state index in [1.807, 2.05) is 13.8 Å². The molecular weight excluding hydrogens is 559 g/mol. The number of nitrogens with one attached hydrogen (secondary N) is 1. The zero-order valence-electron chi connectivity index (χ0n) is 21.8. The number of carbonyl (C=O) groups is 2. The molecule has 0 aromatic heterocycles. The van der Waals surface area contributed by atoms with Crippen molar-refractivity contribution in [2.24, 2.45) is 0 Å². The molecule has 0 spiro atoms. The van der Waals surface area contributed by atoms with Crippen LogP contribution < -0.4 is 9.62 Å². The van der Waals surface area contributed by atoms with Gasteiger partial charge >= 0.3 is 0 Å². The topological polar surface area (TPSA) is 86.8 Å². The Kier molecular flexibility index (Phi) is 11.8. The number of rotatable bonds is 13. The Bertz CT molecular complexity index is 1250. The lowest BCUT2D eigenvalue weighted by Gasteiger charge is -2.32. The van der Waals surface area contributed by atoms with E-state index in [0.717, 1.165) is 28.8 Å². The van der Waals surface area contributed by atoms with Crippen molar-refractivity contribution >= 4 is 50.7 Å². The molecular formula is C26H33Cl2F2N3O4S. The summed E-state index contributed by atoms with van der Waals surface area (Å²) in [5.74, 6) is -2.95. The van der Waals surface area contributed by atoms with Crippen LogP contribution in [0.4, 0.5) is 14.5 Å². The summed E-state index contributed by atoms with van der Waals surface area (Å²) >= 11 is 12.2. The van der Waals surface area contributed by atoms with Gasteiger partial charge in [0.05, 0.1) is 22.0 Å². The zero-order valence-corrected chi connectivity index (χ0v) is 24.1. The van der Waals surface area contributed by atoms with Crippen LogP contribution in [-0.4, -0.2) is 50.0 Å². The van der Waals surface area contributed by atoms with Gasteiger partial charge in [0.25, 0.3) is 0 Å². The fourth-order valence-corrected chi connectivity index (χ4v) is 5.12. The summed E-state index contributed by atoms with van der Waals surface area (Å²) < 4.78 is 52.7. The summed E-state index contributed by atoms with van der Waals surface area (Å²) in [5.41, 5.74) is 0.618. The van der Waals surface area contributed by atoms with Crippen molar-refractivity contribution in [1.29, 1.82) is 0 Å². The normalized spacial score (nSPS) is 13.1. The van der Waals surface area contributed by atoms with Gasteiger partial charge in [-0.2, -0.15) is 0 Å². The summed E-state index contributed by atoms with van der Waals surface area (Å²) in [5, 5.41) is 3.58. The molecule has 0 heterocycles. The maximum absolute atomic E-state index is 13.8. The first-order valence-corrected chi connectivity index (χ1v) is 14.8. The lowest BCUT2D eigenvalue weighted by atomic mass is 10.1. The number of benzene rings is 2. The molecule has 2 amide bonds. The van der Waals surface area contributed by atoms with E-state index >= 15 is 0 Å². The molecule has 210 valence electrons. The van der Waals surface area contributed by atoms with Gasteiger partial charge in [0.2, 0.25) is 21.8 Å². The van der Waals surface area contributed by atoms with Gasteiger partial charge in [0, 0.05) is 31.6 Å². The van der Waals surface area contributed by atoms with E-state index < -0.39 is 27.7 Å². The van der Waals surface area contributed by atoms with Crippen molar-refractivity contribution in [1.82, 2.24) is 10.2 Å². The standard InChI is InChI=1S/C26H33Cl2F2N3O4S/c1-5-17(3)31-26(35)24(6-2)32(16-18-9-11-20(27)21(28)14-18)25(34)8-7-13-33(38(4,36)37)19-10-12-22(29)23(30)15-19/h9-12,14-15,17,24H,5-8,13,16H2,1-4H3,(H,31,35). The quantitative estimate of drug-likeness (QED) is 0.331. The van der Waals surface area contributed by atoms with Gasteiger partial charge in [-0.1, -0.05) is 43.1 Å². The fraction of sp³-hybridized carbons (Fsp3) is 0.462. The Morgan fingerprint density at radius 2 is 1.68 bits per heavy atom. The lowest BCUT2D eigenvalue weighted by Crippen LogP contribution is -2.50. The number of sulfonamides is 1. The van der Waals surface area contributed by atoms with Gasteiger partial charge in [0.15, 0.2) is 11.6 Å². The molecule has 38 heavy (non-hydrogen) atoms. The van der Waals surface area contributed by atoms with E-state index in [9.17, 15) is 26.8 Å². The molecule has 7 nitrogen and oxygen atoms in total. The molecule has 0 fully saturated rings. The maximum Gasteiger partial charge on any atom is 0.243 e. The summed E-state index contributed by atoms with van der Waals surface area (Å²) in [6.45, 7) is 5.54. The third-order valence-corrected chi connectivity index (χ3v) is 8.00. The Hall–Kier alpha value is -2.43. The number of halogens is 4. The van der Waals surface area contributed by atoms with Crippen LogP contribution in [0.3, 0.4) is 0 Å². The summed E-state index contributed by atoms with van der Waals surface area (Å²) in [7, 11) is -3.85. The molecule has 2 aromatic carbocycles. The van der Waals surface area contributed by atoms with Crippen molar-refractivity contribution in [3.05, 3.63) is 63.6 Å². The second kappa shape index (κ2) is 14.1. The van der Waals surface area contributed by atoms with Gasteiger partial charge in [-0.25, -0.2) is 17.2 Å². The van der Waals surface area contributed by atoms with E-state index in [1.165, 1.54) is 4.90 Å². The molecule has 0 aliphatic carbocycles. The number of hydrogen-bond acceptors (Lipinski definition) is 4. The monoisotopic (exact) mass is 591 g/mol. The Labute approximate surface area is 233 Å². The van der Waals surface area contributed by atoms with E-state index in [-0.39, 0.29) is 49.5 Å². The number of anilines is 1. The second-order valence-electron chi connectivity index (χ2n) is 9.05. The van der Waals surface area contributed by atoms with Crippen LogP contribution in [0.1, 0.15) is 52.0 Å². The molecule has 0 aliphatic rings. The van der Waals surface area contributed by atoms with E-state index in [0.29, 0.717) is 28.5 Å². The lowest BCUT2D eigenvalue weighted by molar-refractivity contribution is -0.141. The van der Waals surface area contributed by atoms with Crippen molar-refractivity contribution in [2.75, 3.05) is 17.1 Å². The van der Waals surface area contributed by atoms with Gasteiger partial charge in [-0.05, 0) is 56.0 Å². The third-order valence-electron chi connectivity index (χ3n) is 6.07. The van der Waals surface area contributed by atoms with E-state index in [2.05, 4.69) is 5.32 Å². The van der Waals surface area contributed by atoms with E-state index in [4.69, 9.17) is 23.2 Å². The minimum Gasteiger partial charge on any atom is -0.352 e. The predicted octanol–water partition coefficient (Wildman–Crippen LogP) is 5.54. The van der Waals surface area contributed by atoms with Crippen LogP contribution in [0.5, 0.6) is 0 Å². The predicted molar refractivity (Wildman–Crippen MR) is 147 cm³/mol. The van der Waals surface area contributed by atoms with Crippen molar-refractivity contribution in [2.45, 2.75) is 65.1 Å². The van der Waals surface area contributed by atoms with Crippen LogP contribution >= 0.6 is 23.2 Å². The molecule has 0 bridgehead atoms. The van der Waals surface area contributed by atoms with Crippen LogP contribution in [0.2, 0.25) is 10.0 Å². The van der Waals surface area contributed by atoms with Crippen LogP contribution in [-0.2, 0) is 26.2 Å². The molecule has 2 atom stereocenters. The van der Waals surface area contributed by atoms with Gasteiger partial charge in [-0.3, -0.25) is 13.9 Å². The molecule has 0 saturated carbocycles. The summed E-state index contributed by atoms with van der Waals surface area (Å²) in [6.07, 6.45) is 1.99. The molecule has 2 rings (SSSR count). The maximum atomic E-state index is 13.8. The van der Waals surface area contributed by atoms with Gasteiger partial charge < -0.3 is 10.2 Å². The minimum absolute atomic E-state index is 0.0501. The minimum atomic E-state index is -3.85. The molecule has 0 radical (unpaired) electrons. The SMILES string of the molecule is CCC(C)NC(=O)C(CC)N(Cc1ccc(Cl)c(Cl)c1)C(=O)CCCN(c1ccc(F)c(F)c1)S(C)(=O)=O. The Morgan fingerprint density at radius 3 is 2.24 bits per heavy atom. The number of nitrogens with zero attached hydrogens (tertiary/aromatic N) is 2. The first kappa shape index (κ1) is 31.8. The highest BCUT2D eigenvalue weighted by Crippen LogP contribution is 2.25. The average molecular weight is 593 g/mol. The molecule has 12 heteroatoms. The Morgan fingerprint density at radius 1 is 1.00 bits per heavy atom. The third kappa shape index (κ3) is 8.81. The molecule has 0 aliphatic heterocycles. The molecule has 2 aromatic rings. The summed E-state index contributed by atoms with van der Waals surface area (Å²) in [4.78, 5) is 27.9. The molecule has 2 unspecified atom stereocenters. The highest BCUT2D eigenvalue weighted by molar-refractivity contribution is 7.92. The smallest absolute Gasteiger partial charge is 0.243 e. The summed E-state index contributed by atoms with van der Waals surface area (Å²) in [6, 6.07) is 6.87. The van der Waals surface area contributed by atoms with Crippen LogP contribution in [0, 0.1) is 11.6 Å². The number of hydrogen-bond donors (Lipinski definition) is 1. The highest BCUT2D eigenvalue weighted by Gasteiger charge is 2.29. The molecule has 1 N–H and O–H groups in total. The largest absolute Gasteiger partial charge is 0.352 e. The zero-order chi connectivity index (χ0) is 28.6. The fourth-order valence-electron chi connectivity index (χ4n) is 3.84. The van der Waals surface area contributed by atoms with Gasteiger partial charge in [0.1, 0.15) is 6.04 Å². The first-order chi connectivity index (χ1) is 17.8. The first-order valence-electron chi connectivity index (χ1n) is 12.2. The highest BCUT2D eigenvalue weighted by atomic mass is 35.5. The van der Waals surface area contributed by atoms with Crippen molar-refractivity contribution < 1.29 is 26.8 Å². The van der Waals surface area contributed by atoms with Crippen molar-refractivity contribution in [3.63, 3.8) is 0 Å². The van der Waals surface area contributed by atoms with E-state index in [1.54, 1.807) is 25.1 Å². The van der Waals surface area contributed by atoms with Gasteiger partial charge in [-0.15, -0.1) is 0 Å². The molecule has 0 saturated heterocycles. The van der Waals surface area contributed by atoms with Crippen LogP contribution in [0.15, 0.2) is 36.4 Å².